The molecule has 2 rings (SSSR count). The van der Waals surface area contributed by atoms with Crippen molar-refractivity contribution >= 4 is 0 Å². The second-order valence-corrected chi connectivity index (χ2v) is 2.79. The van der Waals surface area contributed by atoms with E-state index in [-0.39, 0.29) is 6.10 Å². The Morgan fingerprint density at radius 2 is 2.33 bits per heavy atom. The highest BCUT2D eigenvalue weighted by molar-refractivity contribution is 5.38. The molecule has 0 radical (unpaired) electrons. The zero-order chi connectivity index (χ0) is 8.39. The van der Waals surface area contributed by atoms with E-state index in [0.29, 0.717) is 6.61 Å². The van der Waals surface area contributed by atoms with Gasteiger partial charge in [-0.15, -0.1) is 0 Å². The topological polar surface area (TPSA) is 18.5 Å². The molecule has 12 heavy (non-hydrogen) atoms. The van der Waals surface area contributed by atoms with Gasteiger partial charge in [-0.2, -0.15) is 0 Å². The molecule has 1 heterocycles. The Morgan fingerprint density at radius 3 is 3.17 bits per heavy atom. The van der Waals surface area contributed by atoms with Crippen molar-refractivity contribution in [2.75, 3.05) is 13.2 Å². The Morgan fingerprint density at radius 1 is 1.50 bits per heavy atom. The molecule has 0 fully saturated rings. The summed E-state index contributed by atoms with van der Waals surface area (Å²) in [5.74, 6) is 0.968. The van der Waals surface area contributed by atoms with Crippen LogP contribution in [-0.2, 0) is 4.74 Å². The fourth-order valence-corrected chi connectivity index (χ4v) is 1.47. The summed E-state index contributed by atoms with van der Waals surface area (Å²) in [5.41, 5.74) is 1.18. The van der Waals surface area contributed by atoms with Gasteiger partial charge in [0.2, 0.25) is 0 Å². The number of benzene rings is 1. The van der Waals surface area contributed by atoms with Crippen molar-refractivity contribution in [3.63, 3.8) is 0 Å². The molecule has 1 aromatic carbocycles. The molecule has 64 valence electrons. The highest BCUT2D eigenvalue weighted by atomic mass is 16.5. The van der Waals surface area contributed by atoms with Gasteiger partial charge < -0.3 is 9.47 Å². The summed E-state index contributed by atoms with van der Waals surface area (Å²) in [6.45, 7) is 3.40. The molecule has 0 aliphatic carbocycles. The van der Waals surface area contributed by atoms with Gasteiger partial charge in [-0.3, -0.25) is 0 Å². The second kappa shape index (κ2) is 3.15. The molecule has 2 heteroatoms. The van der Waals surface area contributed by atoms with Crippen molar-refractivity contribution in [2.24, 2.45) is 0 Å². The van der Waals surface area contributed by atoms with Crippen LogP contribution < -0.4 is 4.74 Å². The van der Waals surface area contributed by atoms with Crippen molar-refractivity contribution in [1.82, 2.24) is 0 Å². The molecule has 0 aromatic heterocycles. The van der Waals surface area contributed by atoms with Gasteiger partial charge in [0, 0.05) is 12.2 Å². The van der Waals surface area contributed by atoms with Crippen molar-refractivity contribution in [3.8, 4) is 5.75 Å². The van der Waals surface area contributed by atoms with Gasteiger partial charge in [0.25, 0.3) is 0 Å². The first-order chi connectivity index (χ1) is 5.92. The molecule has 0 saturated carbocycles. The van der Waals surface area contributed by atoms with E-state index in [4.69, 9.17) is 9.47 Å². The van der Waals surface area contributed by atoms with Crippen LogP contribution in [0.5, 0.6) is 5.75 Å². The largest absolute Gasteiger partial charge is 0.490 e. The van der Waals surface area contributed by atoms with E-state index in [1.165, 1.54) is 5.56 Å². The monoisotopic (exact) mass is 164 g/mol. The summed E-state index contributed by atoms with van der Waals surface area (Å²) in [5, 5.41) is 0. The zero-order valence-corrected chi connectivity index (χ0v) is 7.12. The molecule has 1 aromatic rings. The van der Waals surface area contributed by atoms with Gasteiger partial charge in [0.15, 0.2) is 0 Å². The zero-order valence-electron chi connectivity index (χ0n) is 7.12. The number of para-hydroxylation sites is 1. The molecule has 1 atom stereocenters. The maximum Gasteiger partial charge on any atom is 0.125 e. The smallest absolute Gasteiger partial charge is 0.125 e. The lowest BCUT2D eigenvalue weighted by molar-refractivity contribution is 0.0468. The van der Waals surface area contributed by atoms with Crippen molar-refractivity contribution < 1.29 is 9.47 Å². The van der Waals surface area contributed by atoms with E-state index in [0.717, 1.165) is 12.4 Å². The molecule has 1 aliphatic rings. The Balaban J connectivity index is 2.24. The summed E-state index contributed by atoms with van der Waals surface area (Å²) < 4.78 is 10.9. The third-order valence-electron chi connectivity index (χ3n) is 2.02. The lowest BCUT2D eigenvalue weighted by Gasteiger charge is -2.07. The van der Waals surface area contributed by atoms with E-state index >= 15 is 0 Å². The molecule has 0 saturated heterocycles. The molecule has 0 amide bonds. The maximum absolute atomic E-state index is 5.50. The molecule has 1 unspecified atom stereocenters. The predicted octanol–water partition coefficient (Wildman–Crippen LogP) is 2.16. The van der Waals surface area contributed by atoms with Crippen LogP contribution in [-0.4, -0.2) is 13.2 Å². The lowest BCUT2D eigenvalue weighted by atomic mass is 10.1. The van der Waals surface area contributed by atoms with Crippen LogP contribution in [0.25, 0.3) is 0 Å². The number of hydrogen-bond donors (Lipinski definition) is 0. The Bertz CT molecular complexity index is 268. The first kappa shape index (κ1) is 7.62. The van der Waals surface area contributed by atoms with Crippen molar-refractivity contribution in [2.45, 2.75) is 13.0 Å². The normalized spacial score (nSPS) is 20.2. The number of rotatable bonds is 2. The minimum absolute atomic E-state index is 0.145. The first-order valence-electron chi connectivity index (χ1n) is 4.25. The molecule has 1 aliphatic heterocycles. The SMILES string of the molecule is CCOC1COc2ccccc21. The van der Waals surface area contributed by atoms with Gasteiger partial charge in [-0.05, 0) is 13.0 Å². The standard InChI is InChI=1S/C10H12O2/c1-2-11-10-7-12-9-6-4-3-5-8(9)10/h3-6,10H,2,7H2,1H3. The first-order valence-corrected chi connectivity index (χ1v) is 4.25. The average Bonchev–Trinajstić information content (AvgIpc) is 2.50. The minimum atomic E-state index is 0.145. The Hall–Kier alpha value is -1.02. The third kappa shape index (κ3) is 1.18. The van der Waals surface area contributed by atoms with Gasteiger partial charge >= 0.3 is 0 Å². The highest BCUT2D eigenvalue weighted by Gasteiger charge is 2.23. The Kier molecular flexibility index (Phi) is 2.00. The fourth-order valence-electron chi connectivity index (χ4n) is 1.47. The van der Waals surface area contributed by atoms with Crippen LogP contribution in [0.1, 0.15) is 18.6 Å². The molecular weight excluding hydrogens is 152 g/mol. The number of ether oxygens (including phenoxy) is 2. The molecule has 0 spiro atoms. The second-order valence-electron chi connectivity index (χ2n) is 2.79. The summed E-state index contributed by atoms with van der Waals surface area (Å²) in [6, 6.07) is 8.03. The van der Waals surface area contributed by atoms with Gasteiger partial charge in [-0.25, -0.2) is 0 Å². The van der Waals surface area contributed by atoms with E-state index in [1.54, 1.807) is 0 Å². The summed E-state index contributed by atoms with van der Waals surface area (Å²) in [4.78, 5) is 0. The molecule has 0 bridgehead atoms. The summed E-state index contributed by atoms with van der Waals surface area (Å²) in [7, 11) is 0. The van der Waals surface area contributed by atoms with E-state index in [1.807, 2.05) is 25.1 Å². The molecule has 2 nitrogen and oxygen atoms in total. The maximum atomic E-state index is 5.50. The number of fused-ring (bicyclic) bond motifs is 1. The van der Waals surface area contributed by atoms with Crippen LogP contribution in [0.15, 0.2) is 24.3 Å². The average molecular weight is 164 g/mol. The quantitative estimate of drug-likeness (QED) is 0.666. The summed E-state index contributed by atoms with van der Waals surface area (Å²) in [6.07, 6.45) is 0.145. The van der Waals surface area contributed by atoms with Gasteiger partial charge in [0.05, 0.1) is 0 Å². The Labute approximate surface area is 72.1 Å². The van der Waals surface area contributed by atoms with Crippen LogP contribution in [0.3, 0.4) is 0 Å². The van der Waals surface area contributed by atoms with E-state index < -0.39 is 0 Å². The molecule has 0 N–H and O–H groups in total. The summed E-state index contributed by atoms with van der Waals surface area (Å²) >= 11 is 0. The fraction of sp³-hybridized carbons (Fsp3) is 0.400. The minimum Gasteiger partial charge on any atom is -0.490 e. The van der Waals surface area contributed by atoms with E-state index in [9.17, 15) is 0 Å². The van der Waals surface area contributed by atoms with Crippen LogP contribution >= 0.6 is 0 Å². The number of hydrogen-bond acceptors (Lipinski definition) is 2. The van der Waals surface area contributed by atoms with Crippen LogP contribution in [0.4, 0.5) is 0 Å². The van der Waals surface area contributed by atoms with Gasteiger partial charge in [-0.1, -0.05) is 18.2 Å². The highest BCUT2D eigenvalue weighted by Crippen LogP contribution is 2.33. The lowest BCUT2D eigenvalue weighted by Crippen LogP contribution is -2.04. The third-order valence-corrected chi connectivity index (χ3v) is 2.02. The van der Waals surface area contributed by atoms with Crippen LogP contribution in [0, 0.1) is 0 Å². The van der Waals surface area contributed by atoms with Crippen molar-refractivity contribution in [1.29, 1.82) is 0 Å². The van der Waals surface area contributed by atoms with E-state index in [2.05, 4.69) is 6.07 Å². The molecular formula is C10H12O2. The van der Waals surface area contributed by atoms with Crippen LogP contribution in [0.2, 0.25) is 0 Å². The van der Waals surface area contributed by atoms with Gasteiger partial charge in [0.1, 0.15) is 18.5 Å². The van der Waals surface area contributed by atoms with Crippen molar-refractivity contribution in [3.05, 3.63) is 29.8 Å². The predicted molar refractivity (Wildman–Crippen MR) is 46.3 cm³/mol.